The molecule has 0 atom stereocenters. The third kappa shape index (κ3) is 4.38. The zero-order chi connectivity index (χ0) is 13.1. The lowest BCUT2D eigenvalue weighted by Crippen LogP contribution is -2.14. The van der Waals surface area contributed by atoms with Gasteiger partial charge in [0, 0.05) is 4.47 Å². The maximum Gasteiger partial charge on any atom is 0.340 e. The molecule has 0 bridgehead atoms. The van der Waals surface area contributed by atoms with Crippen molar-refractivity contribution in [2.45, 2.75) is 27.2 Å². The van der Waals surface area contributed by atoms with Gasteiger partial charge in [-0.3, -0.25) is 0 Å². The zero-order valence-corrected chi connectivity index (χ0v) is 12.0. The highest BCUT2D eigenvalue weighted by molar-refractivity contribution is 9.10. The van der Waals surface area contributed by atoms with Crippen LogP contribution >= 0.6 is 15.9 Å². The predicted octanol–water partition coefficient (Wildman–Crippen LogP) is 3.62. The van der Waals surface area contributed by atoms with Gasteiger partial charge in [0.25, 0.3) is 0 Å². The number of nitrogen functional groups attached to an aromatic ring is 1. The van der Waals surface area contributed by atoms with Crippen LogP contribution < -0.4 is 5.73 Å². The van der Waals surface area contributed by atoms with Gasteiger partial charge in [-0.05, 0) is 39.9 Å². The molecule has 94 valence electrons. The lowest BCUT2D eigenvalue weighted by atomic mass is 9.93. The van der Waals surface area contributed by atoms with E-state index in [-0.39, 0.29) is 11.4 Å². The summed E-state index contributed by atoms with van der Waals surface area (Å²) in [6, 6.07) is 5.22. The molecule has 3 nitrogen and oxygen atoms in total. The topological polar surface area (TPSA) is 52.3 Å². The summed E-state index contributed by atoms with van der Waals surface area (Å²) in [5.41, 5.74) is 6.78. The monoisotopic (exact) mass is 299 g/mol. The Bertz CT molecular complexity index is 410. The zero-order valence-electron chi connectivity index (χ0n) is 10.4. The summed E-state index contributed by atoms with van der Waals surface area (Å²) < 4.78 is 5.91. The van der Waals surface area contributed by atoms with Crippen molar-refractivity contribution in [1.29, 1.82) is 0 Å². The number of carbonyl (C=O) groups is 1. The van der Waals surface area contributed by atoms with Gasteiger partial charge in [0.15, 0.2) is 0 Å². The van der Waals surface area contributed by atoms with E-state index in [2.05, 4.69) is 36.7 Å². The van der Waals surface area contributed by atoms with E-state index in [4.69, 9.17) is 10.5 Å². The van der Waals surface area contributed by atoms with Crippen molar-refractivity contribution in [3.05, 3.63) is 28.2 Å². The fourth-order valence-electron chi connectivity index (χ4n) is 1.24. The van der Waals surface area contributed by atoms with Crippen LogP contribution in [0.5, 0.6) is 0 Å². The van der Waals surface area contributed by atoms with Gasteiger partial charge >= 0.3 is 5.97 Å². The second kappa shape index (κ2) is 5.54. The molecule has 0 aromatic heterocycles. The molecular formula is C13H18BrNO2. The van der Waals surface area contributed by atoms with Crippen LogP contribution in [0, 0.1) is 5.41 Å². The molecule has 0 saturated carbocycles. The second-order valence-electron chi connectivity index (χ2n) is 5.15. The molecule has 0 fully saturated rings. The number of halogens is 1. The molecule has 17 heavy (non-hydrogen) atoms. The van der Waals surface area contributed by atoms with Gasteiger partial charge in [-0.2, -0.15) is 0 Å². The largest absolute Gasteiger partial charge is 0.462 e. The van der Waals surface area contributed by atoms with Crippen molar-refractivity contribution in [1.82, 2.24) is 0 Å². The molecule has 0 unspecified atom stereocenters. The van der Waals surface area contributed by atoms with Crippen LogP contribution in [0.1, 0.15) is 37.6 Å². The highest BCUT2D eigenvalue weighted by Gasteiger charge is 2.15. The first-order valence-electron chi connectivity index (χ1n) is 5.52. The lowest BCUT2D eigenvalue weighted by molar-refractivity contribution is 0.0466. The number of esters is 1. The highest BCUT2D eigenvalue weighted by atomic mass is 79.9. The van der Waals surface area contributed by atoms with Crippen LogP contribution in [0.15, 0.2) is 22.7 Å². The second-order valence-corrected chi connectivity index (χ2v) is 6.00. The molecule has 0 aliphatic carbocycles. The standard InChI is InChI=1S/C13H18BrNO2/c1-13(2,3)7-8-17-12(16)9-5-4-6-10(14)11(9)15/h4-6H,7-8,15H2,1-3H3. The van der Waals surface area contributed by atoms with E-state index in [1.165, 1.54) is 0 Å². The fourth-order valence-corrected chi connectivity index (χ4v) is 1.61. The molecule has 2 N–H and O–H groups in total. The van der Waals surface area contributed by atoms with E-state index in [1.54, 1.807) is 18.2 Å². The molecule has 1 aromatic carbocycles. The van der Waals surface area contributed by atoms with E-state index in [9.17, 15) is 4.79 Å². The summed E-state index contributed by atoms with van der Waals surface area (Å²) in [6.07, 6.45) is 0.826. The van der Waals surface area contributed by atoms with Crippen molar-refractivity contribution in [3.8, 4) is 0 Å². The SMILES string of the molecule is CC(C)(C)CCOC(=O)c1cccc(Br)c1N. The first-order chi connectivity index (χ1) is 7.81. The van der Waals surface area contributed by atoms with Gasteiger partial charge in [-0.15, -0.1) is 0 Å². The number of ether oxygens (including phenoxy) is 1. The first kappa shape index (κ1) is 14.0. The minimum Gasteiger partial charge on any atom is -0.462 e. The Hall–Kier alpha value is -1.03. The van der Waals surface area contributed by atoms with E-state index in [0.717, 1.165) is 6.42 Å². The number of anilines is 1. The van der Waals surface area contributed by atoms with Crippen LogP contribution in [-0.4, -0.2) is 12.6 Å². The maximum atomic E-state index is 11.8. The van der Waals surface area contributed by atoms with Gasteiger partial charge in [-0.1, -0.05) is 26.8 Å². The Morgan fingerprint density at radius 1 is 1.41 bits per heavy atom. The van der Waals surface area contributed by atoms with E-state index >= 15 is 0 Å². The van der Waals surface area contributed by atoms with E-state index < -0.39 is 0 Å². The molecule has 0 amide bonds. The van der Waals surface area contributed by atoms with Crippen LogP contribution in [-0.2, 0) is 4.74 Å². The first-order valence-corrected chi connectivity index (χ1v) is 6.32. The minimum absolute atomic E-state index is 0.156. The van der Waals surface area contributed by atoms with Gasteiger partial charge < -0.3 is 10.5 Å². The van der Waals surface area contributed by atoms with Gasteiger partial charge in [0.2, 0.25) is 0 Å². The van der Waals surface area contributed by atoms with Crippen molar-refractivity contribution in [2.24, 2.45) is 5.41 Å². The number of carbonyl (C=O) groups excluding carboxylic acids is 1. The number of hydrogen-bond donors (Lipinski definition) is 1. The summed E-state index contributed by atoms with van der Waals surface area (Å²) in [5.74, 6) is -0.368. The molecule has 0 aliphatic heterocycles. The molecule has 1 rings (SSSR count). The molecule has 0 radical (unpaired) electrons. The van der Waals surface area contributed by atoms with E-state index in [0.29, 0.717) is 22.3 Å². The fraction of sp³-hybridized carbons (Fsp3) is 0.462. The summed E-state index contributed by atoms with van der Waals surface area (Å²) >= 11 is 3.28. The van der Waals surface area contributed by atoms with Crippen LogP contribution in [0.3, 0.4) is 0 Å². The Balaban J connectivity index is 2.62. The average molecular weight is 300 g/mol. The van der Waals surface area contributed by atoms with Crippen LogP contribution in [0.25, 0.3) is 0 Å². The Labute approximate surface area is 110 Å². The number of hydrogen-bond acceptors (Lipinski definition) is 3. The number of rotatable bonds is 3. The van der Waals surface area contributed by atoms with Crippen molar-refractivity contribution < 1.29 is 9.53 Å². The van der Waals surface area contributed by atoms with E-state index in [1.807, 2.05) is 0 Å². The molecule has 0 aliphatic rings. The maximum absolute atomic E-state index is 11.8. The average Bonchev–Trinajstić information content (AvgIpc) is 2.20. The molecule has 0 heterocycles. The Morgan fingerprint density at radius 2 is 2.06 bits per heavy atom. The third-order valence-electron chi connectivity index (χ3n) is 2.36. The van der Waals surface area contributed by atoms with Crippen molar-refractivity contribution in [2.75, 3.05) is 12.3 Å². The molecule has 4 heteroatoms. The highest BCUT2D eigenvalue weighted by Crippen LogP contribution is 2.24. The van der Waals surface area contributed by atoms with Crippen LogP contribution in [0.4, 0.5) is 5.69 Å². The summed E-state index contributed by atoms with van der Waals surface area (Å²) in [4.78, 5) is 11.8. The van der Waals surface area contributed by atoms with Crippen molar-refractivity contribution in [3.63, 3.8) is 0 Å². The predicted molar refractivity (Wildman–Crippen MR) is 72.9 cm³/mol. The summed E-state index contributed by atoms with van der Waals surface area (Å²) in [7, 11) is 0. The van der Waals surface area contributed by atoms with Gasteiger partial charge in [0.05, 0.1) is 17.9 Å². The molecule has 1 aromatic rings. The third-order valence-corrected chi connectivity index (χ3v) is 3.05. The van der Waals surface area contributed by atoms with Gasteiger partial charge in [-0.25, -0.2) is 4.79 Å². The summed E-state index contributed by atoms with van der Waals surface area (Å²) in [5, 5.41) is 0. The van der Waals surface area contributed by atoms with Crippen LogP contribution in [0.2, 0.25) is 0 Å². The Kier molecular flexibility index (Phi) is 4.57. The molecular weight excluding hydrogens is 282 g/mol. The lowest BCUT2D eigenvalue weighted by Gasteiger charge is -2.17. The molecule has 0 spiro atoms. The van der Waals surface area contributed by atoms with Gasteiger partial charge in [0.1, 0.15) is 0 Å². The van der Waals surface area contributed by atoms with Crippen molar-refractivity contribution >= 4 is 27.6 Å². The normalized spacial score (nSPS) is 11.3. The Morgan fingerprint density at radius 3 is 2.65 bits per heavy atom. The summed E-state index contributed by atoms with van der Waals surface area (Å²) in [6.45, 7) is 6.73. The number of benzene rings is 1. The number of nitrogens with two attached hydrogens (primary N) is 1. The quantitative estimate of drug-likeness (QED) is 0.685. The smallest absolute Gasteiger partial charge is 0.340 e. The molecule has 0 saturated heterocycles. The minimum atomic E-state index is -0.368. The number of para-hydroxylation sites is 1.